The summed E-state index contributed by atoms with van der Waals surface area (Å²) >= 11 is 0. The van der Waals surface area contributed by atoms with Crippen LogP contribution in [0.2, 0.25) is 0 Å². The van der Waals surface area contributed by atoms with Gasteiger partial charge in [0.05, 0.1) is 23.4 Å². The summed E-state index contributed by atoms with van der Waals surface area (Å²) in [6.07, 6.45) is 4.17. The van der Waals surface area contributed by atoms with Gasteiger partial charge in [0.15, 0.2) is 0 Å². The molecule has 0 spiro atoms. The first-order valence-electron chi connectivity index (χ1n) is 7.17. The van der Waals surface area contributed by atoms with Crippen molar-refractivity contribution >= 4 is 5.97 Å². The van der Waals surface area contributed by atoms with E-state index in [1.54, 1.807) is 0 Å². The second-order valence-corrected chi connectivity index (χ2v) is 6.89. The molecule has 0 N–H and O–H groups in total. The van der Waals surface area contributed by atoms with Crippen molar-refractivity contribution in [2.24, 2.45) is 5.92 Å². The zero-order chi connectivity index (χ0) is 13.4. The van der Waals surface area contributed by atoms with Gasteiger partial charge in [0, 0.05) is 17.9 Å². The topological polar surface area (TPSA) is 51.4 Å². The Hall–Kier alpha value is -0.870. The van der Waals surface area contributed by atoms with E-state index in [1.165, 1.54) is 0 Å². The third kappa shape index (κ3) is 1.69. The fraction of sp³-hybridized carbons (Fsp3) is 0.800. The van der Waals surface area contributed by atoms with E-state index >= 15 is 0 Å². The SMILES string of the molecule is C=C1C(=O)O[C@@H]2C[C@]3(C)O[C@@H]3CC[C@@]3(C)O[C@H]3C[C@H]12. The maximum absolute atomic E-state index is 11.8. The lowest BCUT2D eigenvalue weighted by atomic mass is 9.81. The maximum atomic E-state index is 11.8. The summed E-state index contributed by atoms with van der Waals surface area (Å²) in [6, 6.07) is 0. The fourth-order valence-electron chi connectivity index (χ4n) is 3.84. The molecule has 6 atom stereocenters. The molecule has 4 aliphatic rings. The van der Waals surface area contributed by atoms with Gasteiger partial charge in [0.2, 0.25) is 0 Å². The molecular formula is C15H20O4. The van der Waals surface area contributed by atoms with Gasteiger partial charge >= 0.3 is 5.97 Å². The van der Waals surface area contributed by atoms with Crippen LogP contribution in [-0.2, 0) is 19.0 Å². The summed E-state index contributed by atoms with van der Waals surface area (Å²) in [5.41, 5.74) is 0.469. The summed E-state index contributed by atoms with van der Waals surface area (Å²) in [5.74, 6) is -0.142. The number of fused-ring (bicyclic) bond motifs is 3. The molecule has 4 rings (SSSR count). The highest BCUT2D eigenvalue weighted by molar-refractivity contribution is 5.90. The van der Waals surface area contributed by atoms with Crippen molar-refractivity contribution in [2.45, 2.75) is 69.0 Å². The predicted octanol–water partition coefficient (Wildman–Crippen LogP) is 1.97. The Kier molecular flexibility index (Phi) is 2.14. The van der Waals surface area contributed by atoms with Crippen LogP contribution < -0.4 is 0 Å². The third-order valence-corrected chi connectivity index (χ3v) is 5.47. The van der Waals surface area contributed by atoms with Gasteiger partial charge in [-0.1, -0.05) is 6.58 Å². The van der Waals surface area contributed by atoms with E-state index in [9.17, 15) is 4.79 Å². The van der Waals surface area contributed by atoms with Crippen molar-refractivity contribution in [3.63, 3.8) is 0 Å². The summed E-state index contributed by atoms with van der Waals surface area (Å²) < 4.78 is 17.2. The standard InChI is InChI=1S/C15H20O4/c1-8-9-6-12-14(2,19-12)5-4-11-15(3,18-11)7-10(9)17-13(8)16/h9-12H,1,4-7H2,2-3H3/t9-,10-,11-,12+,14-,15+/m1/s1. The Morgan fingerprint density at radius 3 is 2.74 bits per heavy atom. The molecule has 4 nitrogen and oxygen atoms in total. The number of rotatable bonds is 0. The lowest BCUT2D eigenvalue weighted by molar-refractivity contribution is -0.139. The average molecular weight is 264 g/mol. The first-order valence-corrected chi connectivity index (χ1v) is 7.17. The molecule has 3 saturated heterocycles. The molecule has 0 aromatic carbocycles. The van der Waals surface area contributed by atoms with Crippen molar-refractivity contribution in [1.29, 1.82) is 0 Å². The largest absolute Gasteiger partial charge is 0.458 e. The zero-order valence-corrected chi connectivity index (χ0v) is 11.5. The lowest BCUT2D eigenvalue weighted by Crippen LogP contribution is -2.28. The Bertz CT molecular complexity index is 473. The molecule has 0 amide bonds. The first-order chi connectivity index (χ1) is 8.91. The molecule has 3 aliphatic heterocycles. The van der Waals surface area contributed by atoms with Gasteiger partial charge in [-0.2, -0.15) is 0 Å². The number of epoxide rings is 2. The molecular weight excluding hydrogens is 244 g/mol. The van der Waals surface area contributed by atoms with E-state index < -0.39 is 0 Å². The maximum Gasteiger partial charge on any atom is 0.334 e. The molecule has 0 radical (unpaired) electrons. The fourth-order valence-corrected chi connectivity index (χ4v) is 3.84. The van der Waals surface area contributed by atoms with E-state index in [2.05, 4.69) is 20.4 Å². The summed E-state index contributed by atoms with van der Waals surface area (Å²) in [4.78, 5) is 11.8. The Balaban J connectivity index is 1.62. The zero-order valence-electron chi connectivity index (χ0n) is 11.5. The van der Waals surface area contributed by atoms with Gasteiger partial charge in [-0.25, -0.2) is 4.79 Å². The minimum atomic E-state index is -0.239. The minimum absolute atomic E-state index is 0.0271. The Labute approximate surface area is 113 Å². The van der Waals surface area contributed by atoms with Crippen LogP contribution in [0.4, 0.5) is 0 Å². The van der Waals surface area contributed by atoms with E-state index in [-0.39, 0.29) is 35.3 Å². The molecule has 104 valence electrons. The number of esters is 1. The van der Waals surface area contributed by atoms with Crippen LogP contribution in [0.25, 0.3) is 0 Å². The monoisotopic (exact) mass is 264 g/mol. The number of carbonyl (C=O) groups is 1. The van der Waals surface area contributed by atoms with Crippen LogP contribution in [0.5, 0.6) is 0 Å². The van der Waals surface area contributed by atoms with Crippen LogP contribution >= 0.6 is 0 Å². The highest BCUT2D eigenvalue weighted by Gasteiger charge is 2.61. The van der Waals surface area contributed by atoms with Crippen LogP contribution in [0.1, 0.15) is 39.5 Å². The van der Waals surface area contributed by atoms with E-state index in [0.717, 1.165) is 25.7 Å². The highest BCUT2D eigenvalue weighted by atomic mass is 16.6. The summed E-state index contributed by atoms with van der Waals surface area (Å²) in [6.45, 7) is 8.20. The van der Waals surface area contributed by atoms with Crippen molar-refractivity contribution in [1.82, 2.24) is 0 Å². The molecule has 0 aromatic heterocycles. The first kappa shape index (κ1) is 11.9. The third-order valence-electron chi connectivity index (χ3n) is 5.47. The van der Waals surface area contributed by atoms with Gasteiger partial charge in [-0.3, -0.25) is 0 Å². The molecule has 3 heterocycles. The van der Waals surface area contributed by atoms with Crippen molar-refractivity contribution in [2.75, 3.05) is 0 Å². The number of hydrogen-bond donors (Lipinski definition) is 0. The minimum Gasteiger partial charge on any atom is -0.458 e. The van der Waals surface area contributed by atoms with E-state index in [0.29, 0.717) is 11.7 Å². The molecule has 4 heteroatoms. The molecule has 19 heavy (non-hydrogen) atoms. The van der Waals surface area contributed by atoms with E-state index in [1.807, 2.05) is 0 Å². The van der Waals surface area contributed by atoms with Crippen LogP contribution in [0.15, 0.2) is 12.2 Å². The van der Waals surface area contributed by atoms with Crippen LogP contribution in [-0.4, -0.2) is 35.5 Å². The van der Waals surface area contributed by atoms with Crippen molar-refractivity contribution in [3.8, 4) is 0 Å². The number of hydrogen-bond acceptors (Lipinski definition) is 4. The van der Waals surface area contributed by atoms with Crippen LogP contribution in [0, 0.1) is 5.92 Å². The molecule has 1 saturated carbocycles. The lowest BCUT2D eigenvalue weighted by Gasteiger charge is -2.21. The van der Waals surface area contributed by atoms with Gasteiger partial charge in [-0.15, -0.1) is 0 Å². The second-order valence-electron chi connectivity index (χ2n) is 6.89. The number of carbonyl (C=O) groups excluding carboxylic acids is 1. The van der Waals surface area contributed by atoms with Crippen LogP contribution in [0.3, 0.4) is 0 Å². The average Bonchev–Trinajstić information content (AvgIpc) is 3.15. The van der Waals surface area contributed by atoms with E-state index in [4.69, 9.17) is 14.2 Å². The summed E-state index contributed by atoms with van der Waals surface area (Å²) in [5, 5.41) is 0. The Morgan fingerprint density at radius 1 is 1.21 bits per heavy atom. The highest BCUT2D eigenvalue weighted by Crippen LogP contribution is 2.53. The van der Waals surface area contributed by atoms with Crippen molar-refractivity contribution < 1.29 is 19.0 Å². The number of ether oxygens (including phenoxy) is 3. The molecule has 0 unspecified atom stereocenters. The normalized spacial score (nSPS) is 55.7. The smallest absolute Gasteiger partial charge is 0.334 e. The summed E-state index contributed by atoms with van der Waals surface area (Å²) in [7, 11) is 0. The van der Waals surface area contributed by atoms with Crippen molar-refractivity contribution in [3.05, 3.63) is 12.2 Å². The molecule has 0 aromatic rings. The van der Waals surface area contributed by atoms with Gasteiger partial charge in [-0.05, 0) is 33.1 Å². The molecule has 1 aliphatic carbocycles. The van der Waals surface area contributed by atoms with Gasteiger partial charge in [0.1, 0.15) is 6.10 Å². The van der Waals surface area contributed by atoms with Gasteiger partial charge in [0.25, 0.3) is 0 Å². The van der Waals surface area contributed by atoms with Gasteiger partial charge < -0.3 is 14.2 Å². The molecule has 4 fully saturated rings. The molecule has 0 bridgehead atoms. The second kappa shape index (κ2) is 3.41. The Morgan fingerprint density at radius 2 is 1.95 bits per heavy atom. The quantitative estimate of drug-likeness (QED) is 0.381. The predicted molar refractivity (Wildman–Crippen MR) is 67.5 cm³/mol.